The Kier molecular flexibility index (Phi) is 7.14. The van der Waals surface area contributed by atoms with Gasteiger partial charge in [-0.25, -0.2) is 9.67 Å². The van der Waals surface area contributed by atoms with Crippen molar-refractivity contribution >= 4 is 11.2 Å². The molecule has 11 heteroatoms. The molecule has 0 aliphatic carbocycles. The molecule has 6 aromatic rings. The van der Waals surface area contributed by atoms with Crippen LogP contribution in [0.2, 0.25) is 0 Å². The SMILES string of the molecule is CCOc1cc(-c2cccc(Cc3c(O)noc3C)c2)ccc1-c1nc2c(nnn2Cc2ccc(OC)cc2)c(=O)[nH]1. The quantitative estimate of drug-likeness (QED) is 0.251. The lowest BCUT2D eigenvalue weighted by Gasteiger charge is -2.13. The van der Waals surface area contributed by atoms with E-state index in [0.29, 0.717) is 53.7 Å². The molecule has 0 aliphatic heterocycles. The summed E-state index contributed by atoms with van der Waals surface area (Å²) in [6.07, 6.45) is 0.481. The van der Waals surface area contributed by atoms with Gasteiger partial charge in [-0.05, 0) is 65.5 Å². The zero-order valence-electron chi connectivity index (χ0n) is 23.3. The molecule has 3 heterocycles. The summed E-state index contributed by atoms with van der Waals surface area (Å²) in [7, 11) is 1.62. The minimum Gasteiger partial charge on any atom is -0.497 e. The fourth-order valence-electron chi connectivity index (χ4n) is 4.82. The van der Waals surface area contributed by atoms with Crippen LogP contribution in [0.3, 0.4) is 0 Å². The van der Waals surface area contributed by atoms with Crippen molar-refractivity contribution in [1.29, 1.82) is 0 Å². The first-order valence-electron chi connectivity index (χ1n) is 13.4. The number of benzene rings is 3. The molecule has 0 bridgehead atoms. The largest absolute Gasteiger partial charge is 0.497 e. The van der Waals surface area contributed by atoms with E-state index in [1.165, 1.54) is 0 Å². The Morgan fingerprint density at radius 3 is 2.57 bits per heavy atom. The van der Waals surface area contributed by atoms with E-state index in [9.17, 15) is 9.90 Å². The number of ether oxygens (including phenoxy) is 2. The van der Waals surface area contributed by atoms with Crippen LogP contribution in [0.25, 0.3) is 33.7 Å². The van der Waals surface area contributed by atoms with Crippen LogP contribution in [0.5, 0.6) is 17.4 Å². The first kappa shape index (κ1) is 26.8. The van der Waals surface area contributed by atoms with Crippen molar-refractivity contribution in [2.75, 3.05) is 13.7 Å². The molecule has 42 heavy (non-hydrogen) atoms. The van der Waals surface area contributed by atoms with Crippen molar-refractivity contribution in [1.82, 2.24) is 30.1 Å². The fourth-order valence-corrected chi connectivity index (χ4v) is 4.82. The standard InChI is InChI=1S/C31H28N6O5/c1-4-41-26-16-22(21-7-5-6-20(14-21)15-25-18(2)42-35-30(25)38)10-13-24(26)28-32-29-27(31(39)33-28)34-36-37(29)17-19-8-11-23(40-3)12-9-19/h5-14,16H,4,15,17H2,1-3H3,(H,35,38)(H,32,33,39). The maximum atomic E-state index is 13.0. The van der Waals surface area contributed by atoms with Crippen LogP contribution >= 0.6 is 0 Å². The van der Waals surface area contributed by atoms with E-state index < -0.39 is 0 Å². The van der Waals surface area contributed by atoms with Crippen molar-refractivity contribution in [3.63, 3.8) is 0 Å². The number of aromatic amines is 1. The minimum absolute atomic E-state index is 0.0973. The van der Waals surface area contributed by atoms with E-state index in [2.05, 4.69) is 20.5 Å². The Hall–Kier alpha value is -5.45. The highest BCUT2D eigenvalue weighted by molar-refractivity contribution is 5.77. The second-order valence-corrected chi connectivity index (χ2v) is 9.74. The maximum Gasteiger partial charge on any atom is 0.281 e. The van der Waals surface area contributed by atoms with E-state index in [0.717, 1.165) is 28.0 Å². The lowest BCUT2D eigenvalue weighted by molar-refractivity contribution is 0.341. The average molecular weight is 565 g/mol. The molecule has 11 nitrogen and oxygen atoms in total. The predicted octanol–water partition coefficient (Wildman–Crippen LogP) is 4.90. The molecule has 0 fully saturated rings. The van der Waals surface area contributed by atoms with Gasteiger partial charge in [-0.15, -0.1) is 5.10 Å². The van der Waals surface area contributed by atoms with Crippen molar-refractivity contribution in [2.45, 2.75) is 26.8 Å². The summed E-state index contributed by atoms with van der Waals surface area (Å²) < 4.78 is 18.0. The van der Waals surface area contributed by atoms with Gasteiger partial charge in [0.2, 0.25) is 0 Å². The second kappa shape index (κ2) is 11.2. The van der Waals surface area contributed by atoms with Crippen LogP contribution in [0.4, 0.5) is 0 Å². The Bertz CT molecular complexity index is 1920. The van der Waals surface area contributed by atoms with E-state index >= 15 is 0 Å². The van der Waals surface area contributed by atoms with E-state index in [1.807, 2.05) is 73.7 Å². The van der Waals surface area contributed by atoms with Crippen LogP contribution < -0.4 is 15.0 Å². The molecule has 0 radical (unpaired) electrons. The summed E-state index contributed by atoms with van der Waals surface area (Å²) in [6, 6.07) is 21.3. The van der Waals surface area contributed by atoms with Gasteiger partial charge in [-0.2, -0.15) is 0 Å². The van der Waals surface area contributed by atoms with Gasteiger partial charge in [0.15, 0.2) is 11.2 Å². The number of hydrogen-bond acceptors (Lipinski definition) is 9. The van der Waals surface area contributed by atoms with E-state index in [1.54, 1.807) is 18.7 Å². The molecule has 3 aromatic carbocycles. The highest BCUT2D eigenvalue weighted by atomic mass is 16.5. The number of aromatic nitrogens is 6. The highest BCUT2D eigenvalue weighted by Crippen LogP contribution is 2.34. The van der Waals surface area contributed by atoms with Crippen molar-refractivity contribution < 1.29 is 19.1 Å². The molecule has 0 amide bonds. The monoisotopic (exact) mass is 564 g/mol. The van der Waals surface area contributed by atoms with Crippen molar-refractivity contribution in [3.05, 3.63) is 99.5 Å². The van der Waals surface area contributed by atoms with Gasteiger partial charge >= 0.3 is 0 Å². The van der Waals surface area contributed by atoms with Crippen molar-refractivity contribution in [3.8, 4) is 39.9 Å². The van der Waals surface area contributed by atoms with Crippen molar-refractivity contribution in [2.24, 2.45) is 0 Å². The van der Waals surface area contributed by atoms with E-state index in [4.69, 9.17) is 19.0 Å². The van der Waals surface area contributed by atoms with Gasteiger partial charge in [0, 0.05) is 6.42 Å². The van der Waals surface area contributed by atoms with E-state index in [-0.39, 0.29) is 17.0 Å². The lowest BCUT2D eigenvalue weighted by Crippen LogP contribution is -2.12. The number of rotatable bonds is 9. The Morgan fingerprint density at radius 2 is 1.83 bits per heavy atom. The highest BCUT2D eigenvalue weighted by Gasteiger charge is 2.18. The Morgan fingerprint density at radius 1 is 1.02 bits per heavy atom. The topological polar surface area (TPSA) is 141 Å². The summed E-state index contributed by atoms with van der Waals surface area (Å²) in [5.74, 6) is 2.17. The Balaban J connectivity index is 1.35. The number of methoxy groups -OCH3 is 1. The second-order valence-electron chi connectivity index (χ2n) is 9.74. The molecule has 0 spiro atoms. The number of nitrogens with one attached hydrogen (secondary N) is 1. The molecule has 0 saturated heterocycles. The lowest BCUT2D eigenvalue weighted by atomic mass is 9.98. The van der Waals surface area contributed by atoms with Crippen LogP contribution in [-0.2, 0) is 13.0 Å². The third-order valence-corrected chi connectivity index (χ3v) is 7.01. The zero-order valence-corrected chi connectivity index (χ0v) is 23.3. The fraction of sp³-hybridized carbons (Fsp3) is 0.194. The first-order valence-corrected chi connectivity index (χ1v) is 13.4. The third-order valence-electron chi connectivity index (χ3n) is 7.01. The first-order chi connectivity index (χ1) is 20.4. The smallest absolute Gasteiger partial charge is 0.281 e. The molecule has 212 valence electrons. The number of nitrogens with zero attached hydrogens (tertiary/aromatic N) is 5. The van der Waals surface area contributed by atoms with Gasteiger partial charge in [-0.3, -0.25) is 4.79 Å². The summed E-state index contributed by atoms with van der Waals surface area (Å²) >= 11 is 0. The third kappa shape index (κ3) is 5.19. The molecule has 3 aromatic heterocycles. The molecule has 2 N–H and O–H groups in total. The van der Waals surface area contributed by atoms with Gasteiger partial charge < -0.3 is 24.1 Å². The summed E-state index contributed by atoms with van der Waals surface area (Å²) in [5, 5.41) is 21.9. The van der Waals surface area contributed by atoms with Crippen LogP contribution in [-0.4, -0.2) is 48.9 Å². The van der Waals surface area contributed by atoms with Gasteiger partial charge in [0.05, 0.1) is 31.4 Å². The molecule has 0 saturated carbocycles. The average Bonchev–Trinajstić information content (AvgIpc) is 3.56. The molecular weight excluding hydrogens is 536 g/mol. The minimum atomic E-state index is -0.387. The number of aryl methyl sites for hydroxylation is 1. The summed E-state index contributed by atoms with van der Waals surface area (Å²) in [6.45, 7) is 4.48. The number of aromatic hydroxyl groups is 1. The molecule has 0 atom stereocenters. The number of fused-ring (bicyclic) bond motifs is 1. The zero-order chi connectivity index (χ0) is 29.2. The van der Waals surface area contributed by atoms with Crippen LogP contribution in [0.15, 0.2) is 76.0 Å². The van der Waals surface area contributed by atoms with Crippen LogP contribution in [0.1, 0.15) is 29.4 Å². The molecular formula is C31H28N6O5. The van der Waals surface area contributed by atoms with Gasteiger partial charge in [-0.1, -0.05) is 47.7 Å². The van der Waals surface area contributed by atoms with Gasteiger partial charge in [0.25, 0.3) is 11.4 Å². The number of H-pyrrole nitrogens is 1. The van der Waals surface area contributed by atoms with Crippen LogP contribution in [0, 0.1) is 6.92 Å². The molecule has 0 unspecified atom stereocenters. The maximum absolute atomic E-state index is 13.0. The molecule has 6 rings (SSSR count). The predicted molar refractivity (Wildman–Crippen MR) is 156 cm³/mol. The normalized spacial score (nSPS) is 11.2. The molecule has 0 aliphatic rings. The summed E-state index contributed by atoms with van der Waals surface area (Å²) in [5.41, 5.74) is 5.28. The van der Waals surface area contributed by atoms with Gasteiger partial charge in [0.1, 0.15) is 23.1 Å². The Labute approximate surface area is 240 Å². The number of hydrogen-bond donors (Lipinski definition) is 2. The summed E-state index contributed by atoms with van der Waals surface area (Å²) in [4.78, 5) is 20.6.